The summed E-state index contributed by atoms with van der Waals surface area (Å²) in [5.74, 6) is 0.988. The molecule has 2 rings (SSSR count). The third-order valence-corrected chi connectivity index (χ3v) is 3.03. The van der Waals surface area contributed by atoms with E-state index >= 15 is 0 Å². The normalized spacial score (nSPS) is 10.3. The van der Waals surface area contributed by atoms with Crippen molar-refractivity contribution in [2.45, 2.75) is 26.2 Å². The average molecular weight is 240 g/mol. The van der Waals surface area contributed by atoms with E-state index in [-0.39, 0.29) is 0 Å². The Bertz CT molecular complexity index is 462. The minimum atomic E-state index is 0.780. The highest BCUT2D eigenvalue weighted by Gasteiger charge is 1.96. The quantitative estimate of drug-likeness (QED) is 0.685. The van der Waals surface area contributed by atoms with Crippen molar-refractivity contribution in [1.82, 2.24) is 0 Å². The fourth-order valence-electron chi connectivity index (χ4n) is 1.97. The first kappa shape index (κ1) is 12.7. The van der Waals surface area contributed by atoms with Crippen LogP contribution in [0.25, 0.3) is 0 Å². The predicted octanol–water partition coefficient (Wildman–Crippen LogP) is 4.26. The van der Waals surface area contributed by atoms with Gasteiger partial charge in [-0.2, -0.15) is 0 Å². The molecule has 0 unspecified atom stereocenters. The Morgan fingerprint density at radius 1 is 0.889 bits per heavy atom. The van der Waals surface area contributed by atoms with Crippen molar-refractivity contribution in [3.05, 3.63) is 65.7 Å². The number of aryl methyl sites for hydroxylation is 2. The molecule has 0 saturated heterocycles. The SMILES string of the molecule is CCc1cccc(OCCCc2ccccc2)c1. The van der Waals surface area contributed by atoms with E-state index in [0.29, 0.717) is 0 Å². The molecule has 0 spiro atoms. The molecule has 94 valence electrons. The molecule has 0 radical (unpaired) electrons. The number of hydrogen-bond acceptors (Lipinski definition) is 1. The molecular weight excluding hydrogens is 220 g/mol. The second-order valence-corrected chi connectivity index (χ2v) is 4.44. The Kier molecular flexibility index (Phi) is 4.83. The molecule has 0 aromatic heterocycles. The molecule has 0 aliphatic carbocycles. The topological polar surface area (TPSA) is 9.23 Å². The molecule has 0 bridgehead atoms. The van der Waals surface area contributed by atoms with Crippen LogP contribution in [0.15, 0.2) is 54.6 Å². The van der Waals surface area contributed by atoms with Crippen molar-refractivity contribution in [2.24, 2.45) is 0 Å². The van der Waals surface area contributed by atoms with Crippen LogP contribution in [0.4, 0.5) is 0 Å². The number of benzene rings is 2. The van der Waals surface area contributed by atoms with Crippen LogP contribution in [0.1, 0.15) is 24.5 Å². The fraction of sp³-hybridized carbons (Fsp3) is 0.294. The smallest absolute Gasteiger partial charge is 0.119 e. The van der Waals surface area contributed by atoms with E-state index in [4.69, 9.17) is 4.74 Å². The van der Waals surface area contributed by atoms with Gasteiger partial charge in [0, 0.05) is 0 Å². The molecule has 2 aromatic carbocycles. The lowest BCUT2D eigenvalue weighted by Crippen LogP contribution is -1.99. The van der Waals surface area contributed by atoms with E-state index in [2.05, 4.69) is 55.5 Å². The Labute approximate surface area is 109 Å². The Balaban J connectivity index is 1.75. The Hall–Kier alpha value is -1.76. The maximum Gasteiger partial charge on any atom is 0.119 e. The van der Waals surface area contributed by atoms with Gasteiger partial charge in [-0.1, -0.05) is 49.4 Å². The summed E-state index contributed by atoms with van der Waals surface area (Å²) in [6.07, 6.45) is 3.19. The summed E-state index contributed by atoms with van der Waals surface area (Å²) in [5, 5.41) is 0. The molecule has 0 aliphatic rings. The monoisotopic (exact) mass is 240 g/mol. The van der Waals surface area contributed by atoms with E-state index in [1.54, 1.807) is 0 Å². The number of hydrogen-bond donors (Lipinski definition) is 0. The summed E-state index contributed by atoms with van der Waals surface area (Å²) in [6.45, 7) is 2.94. The first-order valence-corrected chi connectivity index (χ1v) is 6.64. The van der Waals surface area contributed by atoms with Crippen LogP contribution in [0.2, 0.25) is 0 Å². The van der Waals surface area contributed by atoms with Gasteiger partial charge in [-0.3, -0.25) is 0 Å². The van der Waals surface area contributed by atoms with Crippen LogP contribution in [0, 0.1) is 0 Å². The maximum absolute atomic E-state index is 5.77. The lowest BCUT2D eigenvalue weighted by molar-refractivity contribution is 0.311. The second-order valence-electron chi connectivity index (χ2n) is 4.44. The molecule has 0 heterocycles. The molecule has 1 nitrogen and oxygen atoms in total. The summed E-state index contributed by atoms with van der Waals surface area (Å²) in [7, 11) is 0. The van der Waals surface area contributed by atoms with Gasteiger partial charge < -0.3 is 4.74 Å². The highest BCUT2D eigenvalue weighted by molar-refractivity contribution is 5.28. The Morgan fingerprint density at radius 2 is 1.67 bits per heavy atom. The third-order valence-electron chi connectivity index (χ3n) is 3.03. The largest absolute Gasteiger partial charge is 0.494 e. The van der Waals surface area contributed by atoms with Crippen LogP contribution in [0.5, 0.6) is 5.75 Å². The minimum Gasteiger partial charge on any atom is -0.494 e. The standard InChI is InChI=1S/C17H20O/c1-2-15-10-6-12-17(14-15)18-13-7-11-16-8-4-3-5-9-16/h3-6,8-10,12,14H,2,7,11,13H2,1H3. The lowest BCUT2D eigenvalue weighted by Gasteiger charge is -2.07. The van der Waals surface area contributed by atoms with Gasteiger partial charge >= 0.3 is 0 Å². The molecule has 0 N–H and O–H groups in total. The zero-order chi connectivity index (χ0) is 12.6. The second kappa shape index (κ2) is 6.85. The van der Waals surface area contributed by atoms with E-state index in [1.165, 1.54) is 11.1 Å². The van der Waals surface area contributed by atoms with Crippen molar-refractivity contribution in [2.75, 3.05) is 6.61 Å². The maximum atomic E-state index is 5.77. The van der Waals surface area contributed by atoms with E-state index in [0.717, 1.165) is 31.6 Å². The van der Waals surface area contributed by atoms with Crippen LogP contribution in [-0.4, -0.2) is 6.61 Å². The molecule has 0 saturated carbocycles. The summed E-state index contributed by atoms with van der Waals surface area (Å²) in [6, 6.07) is 18.9. The molecule has 0 amide bonds. The summed E-state index contributed by atoms with van der Waals surface area (Å²) >= 11 is 0. The number of rotatable bonds is 6. The van der Waals surface area contributed by atoms with Crippen LogP contribution < -0.4 is 4.74 Å². The average Bonchev–Trinajstić information content (AvgIpc) is 2.45. The van der Waals surface area contributed by atoms with Gasteiger partial charge in [0.1, 0.15) is 5.75 Å². The molecule has 0 fully saturated rings. The van der Waals surface area contributed by atoms with Crippen LogP contribution in [-0.2, 0) is 12.8 Å². The van der Waals surface area contributed by atoms with E-state index in [1.807, 2.05) is 6.07 Å². The first-order chi connectivity index (χ1) is 8.88. The van der Waals surface area contributed by atoms with Crippen molar-refractivity contribution < 1.29 is 4.74 Å². The molecular formula is C17H20O. The zero-order valence-electron chi connectivity index (χ0n) is 10.9. The van der Waals surface area contributed by atoms with Crippen LogP contribution >= 0.6 is 0 Å². The van der Waals surface area contributed by atoms with Gasteiger partial charge in [0.25, 0.3) is 0 Å². The van der Waals surface area contributed by atoms with E-state index < -0.39 is 0 Å². The first-order valence-electron chi connectivity index (χ1n) is 6.64. The summed E-state index contributed by atoms with van der Waals surface area (Å²) in [5.41, 5.74) is 2.71. The minimum absolute atomic E-state index is 0.780. The van der Waals surface area contributed by atoms with Gasteiger partial charge in [-0.25, -0.2) is 0 Å². The van der Waals surface area contributed by atoms with Crippen molar-refractivity contribution >= 4 is 0 Å². The highest BCUT2D eigenvalue weighted by Crippen LogP contribution is 2.14. The Morgan fingerprint density at radius 3 is 2.44 bits per heavy atom. The molecule has 0 aliphatic heterocycles. The predicted molar refractivity (Wildman–Crippen MR) is 76.1 cm³/mol. The highest BCUT2D eigenvalue weighted by atomic mass is 16.5. The third kappa shape index (κ3) is 3.92. The molecule has 0 atom stereocenters. The number of ether oxygens (including phenoxy) is 1. The summed E-state index contributed by atoms with van der Waals surface area (Å²) in [4.78, 5) is 0. The van der Waals surface area contributed by atoms with Crippen LogP contribution in [0.3, 0.4) is 0 Å². The van der Waals surface area contributed by atoms with Gasteiger partial charge in [-0.15, -0.1) is 0 Å². The van der Waals surface area contributed by atoms with Gasteiger partial charge in [0.2, 0.25) is 0 Å². The molecule has 1 heteroatoms. The molecule has 18 heavy (non-hydrogen) atoms. The fourth-order valence-corrected chi connectivity index (χ4v) is 1.97. The van der Waals surface area contributed by atoms with Gasteiger partial charge in [0.15, 0.2) is 0 Å². The van der Waals surface area contributed by atoms with Gasteiger partial charge in [-0.05, 0) is 42.5 Å². The summed E-state index contributed by atoms with van der Waals surface area (Å²) < 4.78 is 5.77. The van der Waals surface area contributed by atoms with Crippen molar-refractivity contribution in [3.8, 4) is 5.75 Å². The van der Waals surface area contributed by atoms with Crippen molar-refractivity contribution in [1.29, 1.82) is 0 Å². The zero-order valence-corrected chi connectivity index (χ0v) is 10.9. The molecule has 2 aromatic rings. The van der Waals surface area contributed by atoms with Crippen molar-refractivity contribution in [3.63, 3.8) is 0 Å². The van der Waals surface area contributed by atoms with E-state index in [9.17, 15) is 0 Å². The van der Waals surface area contributed by atoms with Gasteiger partial charge in [0.05, 0.1) is 6.61 Å². The lowest BCUT2D eigenvalue weighted by atomic mass is 10.1.